The van der Waals surface area contributed by atoms with Gasteiger partial charge in [0.15, 0.2) is 6.61 Å². The first-order chi connectivity index (χ1) is 9.02. The van der Waals surface area contributed by atoms with Gasteiger partial charge in [-0.2, -0.15) is 5.10 Å². The SMILES string of the molecule is CCC/C(C)=N\NC(=O)COc1cc(C)ccc1C. The molecule has 0 unspecified atom stereocenters. The van der Waals surface area contributed by atoms with E-state index >= 15 is 0 Å². The molecule has 1 aromatic carbocycles. The second-order valence-corrected chi connectivity index (χ2v) is 4.69. The molecule has 4 nitrogen and oxygen atoms in total. The van der Waals surface area contributed by atoms with Gasteiger partial charge >= 0.3 is 0 Å². The van der Waals surface area contributed by atoms with Crippen LogP contribution in [0.25, 0.3) is 0 Å². The van der Waals surface area contributed by atoms with Crippen LogP contribution in [0.4, 0.5) is 0 Å². The Hall–Kier alpha value is -1.84. The summed E-state index contributed by atoms with van der Waals surface area (Å²) in [6.07, 6.45) is 1.91. The Morgan fingerprint density at radius 1 is 1.37 bits per heavy atom. The van der Waals surface area contributed by atoms with Gasteiger partial charge in [-0.15, -0.1) is 0 Å². The van der Waals surface area contributed by atoms with E-state index in [1.165, 1.54) is 0 Å². The summed E-state index contributed by atoms with van der Waals surface area (Å²) in [6.45, 7) is 7.90. The third-order valence-electron chi connectivity index (χ3n) is 2.69. The van der Waals surface area contributed by atoms with Crippen molar-refractivity contribution in [2.24, 2.45) is 5.10 Å². The fourth-order valence-corrected chi connectivity index (χ4v) is 1.61. The van der Waals surface area contributed by atoms with Crippen molar-refractivity contribution in [3.8, 4) is 5.75 Å². The molecule has 0 saturated heterocycles. The molecule has 0 bridgehead atoms. The van der Waals surface area contributed by atoms with Crippen LogP contribution in [0.5, 0.6) is 5.75 Å². The minimum absolute atomic E-state index is 0.0206. The molecule has 1 N–H and O–H groups in total. The number of carbonyl (C=O) groups is 1. The maximum Gasteiger partial charge on any atom is 0.277 e. The van der Waals surface area contributed by atoms with Crippen LogP contribution in [0.3, 0.4) is 0 Å². The van der Waals surface area contributed by atoms with Crippen molar-refractivity contribution < 1.29 is 9.53 Å². The van der Waals surface area contributed by atoms with Crippen LogP contribution in [0.1, 0.15) is 37.8 Å². The van der Waals surface area contributed by atoms with Crippen molar-refractivity contribution in [2.75, 3.05) is 6.61 Å². The van der Waals surface area contributed by atoms with E-state index in [9.17, 15) is 4.79 Å². The third-order valence-corrected chi connectivity index (χ3v) is 2.69. The van der Waals surface area contributed by atoms with E-state index in [4.69, 9.17) is 4.74 Å². The molecule has 0 radical (unpaired) electrons. The first-order valence-electron chi connectivity index (χ1n) is 6.55. The van der Waals surface area contributed by atoms with Gasteiger partial charge in [-0.05, 0) is 44.4 Å². The van der Waals surface area contributed by atoms with Crippen LogP contribution in [0.15, 0.2) is 23.3 Å². The summed E-state index contributed by atoms with van der Waals surface area (Å²) in [5, 5.41) is 4.00. The van der Waals surface area contributed by atoms with E-state index < -0.39 is 0 Å². The van der Waals surface area contributed by atoms with Gasteiger partial charge in [0.05, 0.1) is 0 Å². The Kier molecular flexibility index (Phi) is 6.06. The molecule has 19 heavy (non-hydrogen) atoms. The molecule has 0 atom stereocenters. The topological polar surface area (TPSA) is 50.7 Å². The molecule has 0 aromatic heterocycles. The van der Waals surface area contributed by atoms with E-state index in [1.807, 2.05) is 39.0 Å². The number of ether oxygens (including phenoxy) is 1. The summed E-state index contributed by atoms with van der Waals surface area (Å²) in [7, 11) is 0. The highest BCUT2D eigenvalue weighted by molar-refractivity contribution is 5.84. The summed E-state index contributed by atoms with van der Waals surface area (Å²) in [6, 6.07) is 5.92. The molecular formula is C15H22N2O2. The van der Waals surface area contributed by atoms with Crippen molar-refractivity contribution in [1.82, 2.24) is 5.43 Å². The van der Waals surface area contributed by atoms with Gasteiger partial charge in [-0.3, -0.25) is 4.79 Å². The Balaban J connectivity index is 2.46. The number of hydrogen-bond donors (Lipinski definition) is 1. The molecule has 0 aliphatic carbocycles. The fourth-order valence-electron chi connectivity index (χ4n) is 1.61. The number of nitrogens with one attached hydrogen (secondary N) is 1. The Morgan fingerprint density at radius 2 is 2.11 bits per heavy atom. The van der Waals surface area contributed by atoms with E-state index in [-0.39, 0.29) is 12.5 Å². The maximum atomic E-state index is 11.6. The van der Waals surface area contributed by atoms with Crippen LogP contribution in [0.2, 0.25) is 0 Å². The highest BCUT2D eigenvalue weighted by Crippen LogP contribution is 2.18. The minimum Gasteiger partial charge on any atom is -0.483 e. The molecule has 0 aliphatic heterocycles. The summed E-state index contributed by atoms with van der Waals surface area (Å²) < 4.78 is 5.49. The predicted molar refractivity (Wildman–Crippen MR) is 77.6 cm³/mol. The van der Waals surface area contributed by atoms with Crippen molar-refractivity contribution in [1.29, 1.82) is 0 Å². The zero-order valence-electron chi connectivity index (χ0n) is 12.1. The predicted octanol–water partition coefficient (Wildman–Crippen LogP) is 2.97. The van der Waals surface area contributed by atoms with Crippen LogP contribution in [0, 0.1) is 13.8 Å². The monoisotopic (exact) mass is 262 g/mol. The van der Waals surface area contributed by atoms with Gasteiger partial charge < -0.3 is 4.74 Å². The molecule has 1 rings (SSSR count). The quantitative estimate of drug-likeness (QED) is 0.633. The van der Waals surface area contributed by atoms with E-state index in [1.54, 1.807) is 0 Å². The Morgan fingerprint density at radius 3 is 2.79 bits per heavy atom. The number of benzene rings is 1. The number of aryl methyl sites for hydroxylation is 2. The molecule has 0 heterocycles. The number of rotatable bonds is 6. The van der Waals surface area contributed by atoms with Gasteiger partial charge in [0.2, 0.25) is 0 Å². The van der Waals surface area contributed by atoms with Crippen molar-refractivity contribution in [3.63, 3.8) is 0 Å². The number of hydrogen-bond acceptors (Lipinski definition) is 3. The summed E-state index contributed by atoms with van der Waals surface area (Å²) in [4.78, 5) is 11.6. The summed E-state index contributed by atoms with van der Waals surface area (Å²) >= 11 is 0. The van der Waals surface area contributed by atoms with Crippen molar-refractivity contribution in [2.45, 2.75) is 40.5 Å². The number of amides is 1. The first kappa shape index (κ1) is 15.2. The van der Waals surface area contributed by atoms with E-state index in [0.29, 0.717) is 0 Å². The third kappa shape index (κ3) is 5.55. The maximum absolute atomic E-state index is 11.6. The molecule has 4 heteroatoms. The van der Waals surface area contributed by atoms with Crippen molar-refractivity contribution in [3.05, 3.63) is 29.3 Å². The van der Waals surface area contributed by atoms with Crippen LogP contribution in [-0.2, 0) is 4.79 Å². The van der Waals surface area contributed by atoms with Gasteiger partial charge in [0.25, 0.3) is 5.91 Å². The Bertz CT molecular complexity index is 467. The van der Waals surface area contributed by atoms with Gasteiger partial charge in [0, 0.05) is 5.71 Å². The van der Waals surface area contributed by atoms with Crippen LogP contribution >= 0.6 is 0 Å². The lowest BCUT2D eigenvalue weighted by atomic mass is 10.1. The normalized spacial score (nSPS) is 11.3. The molecule has 0 fully saturated rings. The average Bonchev–Trinajstić information content (AvgIpc) is 2.38. The molecule has 1 aromatic rings. The zero-order valence-corrected chi connectivity index (χ0v) is 12.1. The van der Waals surface area contributed by atoms with E-state index in [0.717, 1.165) is 35.4 Å². The lowest BCUT2D eigenvalue weighted by molar-refractivity contribution is -0.123. The molecule has 0 saturated carbocycles. The van der Waals surface area contributed by atoms with Crippen LogP contribution in [-0.4, -0.2) is 18.2 Å². The lowest BCUT2D eigenvalue weighted by Gasteiger charge is -2.09. The molecular weight excluding hydrogens is 240 g/mol. The lowest BCUT2D eigenvalue weighted by Crippen LogP contribution is -2.25. The second-order valence-electron chi connectivity index (χ2n) is 4.69. The molecule has 104 valence electrons. The average molecular weight is 262 g/mol. The highest BCUT2D eigenvalue weighted by Gasteiger charge is 2.04. The van der Waals surface area contributed by atoms with Gasteiger partial charge in [0.1, 0.15) is 5.75 Å². The number of hydrazone groups is 1. The number of carbonyl (C=O) groups excluding carboxylic acids is 1. The fraction of sp³-hybridized carbons (Fsp3) is 0.467. The minimum atomic E-state index is -0.239. The summed E-state index contributed by atoms with van der Waals surface area (Å²) in [5.41, 5.74) is 5.54. The van der Waals surface area contributed by atoms with Crippen molar-refractivity contribution >= 4 is 11.6 Å². The Labute approximate surface area is 114 Å². The number of nitrogens with zero attached hydrogens (tertiary/aromatic N) is 1. The molecule has 0 aliphatic rings. The summed E-state index contributed by atoms with van der Waals surface area (Å²) in [5.74, 6) is 0.501. The molecule has 1 amide bonds. The van der Waals surface area contributed by atoms with E-state index in [2.05, 4.69) is 17.5 Å². The second kappa shape index (κ2) is 7.56. The van der Waals surface area contributed by atoms with Gasteiger partial charge in [-0.25, -0.2) is 5.43 Å². The van der Waals surface area contributed by atoms with Crippen LogP contribution < -0.4 is 10.2 Å². The standard InChI is InChI=1S/C15H22N2O2/c1-5-6-13(4)16-17-15(18)10-19-14-9-11(2)7-8-12(14)3/h7-9H,5-6,10H2,1-4H3,(H,17,18)/b16-13-. The largest absolute Gasteiger partial charge is 0.483 e. The zero-order chi connectivity index (χ0) is 14.3. The smallest absolute Gasteiger partial charge is 0.277 e. The molecule has 0 spiro atoms. The highest BCUT2D eigenvalue weighted by atomic mass is 16.5. The van der Waals surface area contributed by atoms with Gasteiger partial charge in [-0.1, -0.05) is 25.5 Å². The first-order valence-corrected chi connectivity index (χ1v) is 6.55.